The lowest BCUT2D eigenvalue weighted by molar-refractivity contribution is -0.137. The summed E-state index contributed by atoms with van der Waals surface area (Å²) >= 11 is 0. The van der Waals surface area contributed by atoms with Gasteiger partial charge in [-0.3, -0.25) is 9.69 Å². The third kappa shape index (κ3) is 2.61. The van der Waals surface area contributed by atoms with Crippen LogP contribution in [0.2, 0.25) is 0 Å². The van der Waals surface area contributed by atoms with E-state index in [-0.39, 0.29) is 19.1 Å². The van der Waals surface area contributed by atoms with Crippen molar-refractivity contribution in [3.8, 4) is 0 Å². The van der Waals surface area contributed by atoms with Gasteiger partial charge in [0.15, 0.2) is 0 Å². The lowest BCUT2D eigenvalue weighted by atomic mass is 10.1. The van der Waals surface area contributed by atoms with Gasteiger partial charge in [0.25, 0.3) is 0 Å². The minimum Gasteiger partial charge on any atom is -0.481 e. The maximum Gasteiger partial charge on any atom is 0.414 e. The van der Waals surface area contributed by atoms with Gasteiger partial charge in [-0.15, -0.1) is 0 Å². The van der Waals surface area contributed by atoms with Crippen LogP contribution < -0.4 is 4.90 Å². The Kier molecular flexibility index (Phi) is 3.50. The molecule has 1 aromatic carbocycles. The van der Waals surface area contributed by atoms with Gasteiger partial charge in [-0.1, -0.05) is 17.7 Å². The molecule has 5 nitrogen and oxygen atoms in total. The number of amides is 1. The monoisotopic (exact) mass is 249 g/mol. The number of anilines is 1. The van der Waals surface area contributed by atoms with Crippen molar-refractivity contribution in [1.29, 1.82) is 0 Å². The highest BCUT2D eigenvalue weighted by atomic mass is 16.6. The van der Waals surface area contributed by atoms with Crippen molar-refractivity contribution in [2.75, 3.05) is 11.5 Å². The molecule has 0 aromatic heterocycles. The Morgan fingerprint density at radius 1 is 1.44 bits per heavy atom. The molecule has 5 heteroatoms. The number of aliphatic carboxylic acids is 1. The molecule has 1 amide bonds. The van der Waals surface area contributed by atoms with Gasteiger partial charge in [0.2, 0.25) is 0 Å². The average molecular weight is 249 g/mol. The predicted molar refractivity (Wildman–Crippen MR) is 65.7 cm³/mol. The van der Waals surface area contributed by atoms with E-state index in [4.69, 9.17) is 9.84 Å². The Morgan fingerprint density at radius 3 is 2.72 bits per heavy atom. The molecule has 96 valence electrons. The quantitative estimate of drug-likeness (QED) is 0.891. The molecule has 1 aromatic rings. The van der Waals surface area contributed by atoms with E-state index in [1.807, 2.05) is 19.1 Å². The summed E-state index contributed by atoms with van der Waals surface area (Å²) in [5.74, 6) is -0.910. The Balaban J connectivity index is 2.26. The standard InChI is InChI=1S/C13H15NO4/c1-9-2-4-10(5-3-9)14-11(8-12(15)16)6-7-18-13(14)17/h2-5,11H,6-8H2,1H3,(H,15,16). The number of carbonyl (C=O) groups excluding carboxylic acids is 1. The second-order valence-electron chi connectivity index (χ2n) is 4.36. The molecule has 1 atom stereocenters. The number of aryl methyl sites for hydroxylation is 1. The molecule has 1 heterocycles. The third-order valence-corrected chi connectivity index (χ3v) is 2.96. The van der Waals surface area contributed by atoms with Gasteiger partial charge >= 0.3 is 12.1 Å². The maximum absolute atomic E-state index is 11.8. The molecule has 0 saturated carbocycles. The number of rotatable bonds is 3. The van der Waals surface area contributed by atoms with Crippen molar-refractivity contribution < 1.29 is 19.4 Å². The van der Waals surface area contributed by atoms with E-state index in [0.717, 1.165) is 5.56 Å². The van der Waals surface area contributed by atoms with E-state index >= 15 is 0 Å². The van der Waals surface area contributed by atoms with Gasteiger partial charge in [-0.25, -0.2) is 4.79 Å². The van der Waals surface area contributed by atoms with E-state index < -0.39 is 12.1 Å². The molecule has 18 heavy (non-hydrogen) atoms. The zero-order chi connectivity index (χ0) is 13.1. The Bertz CT molecular complexity index is 455. The largest absolute Gasteiger partial charge is 0.481 e. The Labute approximate surface area is 105 Å². The van der Waals surface area contributed by atoms with Gasteiger partial charge in [0.05, 0.1) is 19.1 Å². The number of hydrogen-bond acceptors (Lipinski definition) is 3. The van der Waals surface area contributed by atoms with Crippen LogP contribution in [0.25, 0.3) is 0 Å². The van der Waals surface area contributed by atoms with Crippen molar-refractivity contribution >= 4 is 17.7 Å². The number of carboxylic acid groups (broad SMARTS) is 1. The van der Waals surface area contributed by atoms with E-state index in [9.17, 15) is 9.59 Å². The summed E-state index contributed by atoms with van der Waals surface area (Å²) in [4.78, 5) is 24.0. The highest BCUT2D eigenvalue weighted by Crippen LogP contribution is 2.25. The number of carboxylic acids is 1. The van der Waals surface area contributed by atoms with E-state index in [1.165, 1.54) is 4.90 Å². The van der Waals surface area contributed by atoms with Crippen molar-refractivity contribution in [1.82, 2.24) is 0 Å². The molecule has 1 aliphatic heterocycles. The van der Waals surface area contributed by atoms with Crippen LogP contribution >= 0.6 is 0 Å². The molecule has 1 unspecified atom stereocenters. The van der Waals surface area contributed by atoms with E-state index in [2.05, 4.69) is 0 Å². The number of hydrogen-bond donors (Lipinski definition) is 1. The summed E-state index contributed by atoms with van der Waals surface area (Å²) in [6, 6.07) is 7.03. The maximum atomic E-state index is 11.8. The molecule has 1 saturated heterocycles. The molecule has 2 rings (SSSR count). The normalized spacial score (nSPS) is 19.5. The highest BCUT2D eigenvalue weighted by molar-refractivity contribution is 5.89. The van der Waals surface area contributed by atoms with Crippen molar-refractivity contribution in [3.05, 3.63) is 29.8 Å². The van der Waals surface area contributed by atoms with Crippen LogP contribution in [0.4, 0.5) is 10.5 Å². The highest BCUT2D eigenvalue weighted by Gasteiger charge is 2.32. The fraction of sp³-hybridized carbons (Fsp3) is 0.385. The molecule has 1 aliphatic rings. The summed E-state index contributed by atoms with van der Waals surface area (Å²) in [6.45, 7) is 2.23. The Hall–Kier alpha value is -2.04. The van der Waals surface area contributed by atoms with Crippen LogP contribution in [0.5, 0.6) is 0 Å². The zero-order valence-electron chi connectivity index (χ0n) is 10.1. The average Bonchev–Trinajstić information content (AvgIpc) is 2.30. The lowest BCUT2D eigenvalue weighted by Gasteiger charge is -2.34. The molecule has 1 N–H and O–H groups in total. The SMILES string of the molecule is Cc1ccc(N2C(=O)OCCC2CC(=O)O)cc1. The first-order valence-corrected chi connectivity index (χ1v) is 5.82. The first kappa shape index (κ1) is 12.4. The van der Waals surface area contributed by atoms with Crippen LogP contribution in [0.3, 0.4) is 0 Å². The number of ether oxygens (including phenoxy) is 1. The first-order chi connectivity index (χ1) is 8.58. The summed E-state index contributed by atoms with van der Waals surface area (Å²) < 4.78 is 4.98. The topological polar surface area (TPSA) is 66.8 Å². The number of nitrogens with zero attached hydrogens (tertiary/aromatic N) is 1. The van der Waals surface area contributed by atoms with Crippen LogP contribution in [-0.4, -0.2) is 29.8 Å². The molecule has 0 radical (unpaired) electrons. The minimum absolute atomic E-state index is 0.0665. The number of carbonyl (C=O) groups is 2. The predicted octanol–water partition coefficient (Wildman–Crippen LogP) is 2.19. The fourth-order valence-corrected chi connectivity index (χ4v) is 2.05. The fourth-order valence-electron chi connectivity index (χ4n) is 2.05. The van der Waals surface area contributed by atoms with Crippen molar-refractivity contribution in [2.45, 2.75) is 25.8 Å². The van der Waals surface area contributed by atoms with Gasteiger partial charge < -0.3 is 9.84 Å². The number of cyclic esters (lactones) is 1. The van der Waals surface area contributed by atoms with Crippen LogP contribution in [0.1, 0.15) is 18.4 Å². The zero-order valence-corrected chi connectivity index (χ0v) is 10.1. The van der Waals surface area contributed by atoms with E-state index in [1.54, 1.807) is 12.1 Å². The first-order valence-electron chi connectivity index (χ1n) is 5.82. The molecule has 0 aliphatic carbocycles. The molecule has 1 fully saturated rings. The van der Waals surface area contributed by atoms with Gasteiger partial charge in [-0.05, 0) is 19.1 Å². The smallest absolute Gasteiger partial charge is 0.414 e. The summed E-state index contributed by atoms with van der Waals surface area (Å²) in [5.41, 5.74) is 1.76. The molecular formula is C13H15NO4. The minimum atomic E-state index is -0.910. The molecular weight excluding hydrogens is 234 g/mol. The summed E-state index contributed by atoms with van der Waals surface area (Å²) in [7, 11) is 0. The van der Waals surface area contributed by atoms with Crippen molar-refractivity contribution in [3.63, 3.8) is 0 Å². The Morgan fingerprint density at radius 2 is 2.11 bits per heavy atom. The second-order valence-corrected chi connectivity index (χ2v) is 4.36. The van der Waals surface area contributed by atoms with Crippen LogP contribution in [0.15, 0.2) is 24.3 Å². The molecule has 0 spiro atoms. The van der Waals surface area contributed by atoms with Crippen molar-refractivity contribution in [2.24, 2.45) is 0 Å². The second kappa shape index (κ2) is 5.08. The molecule has 0 bridgehead atoms. The number of benzene rings is 1. The summed E-state index contributed by atoms with van der Waals surface area (Å²) in [5, 5.41) is 8.88. The van der Waals surface area contributed by atoms with Gasteiger partial charge in [-0.2, -0.15) is 0 Å². The third-order valence-electron chi connectivity index (χ3n) is 2.96. The van der Waals surface area contributed by atoms with Crippen LogP contribution in [-0.2, 0) is 9.53 Å². The van der Waals surface area contributed by atoms with Crippen LogP contribution in [0, 0.1) is 6.92 Å². The van der Waals surface area contributed by atoms with E-state index in [0.29, 0.717) is 12.1 Å². The van der Waals surface area contributed by atoms with Gasteiger partial charge in [0.1, 0.15) is 0 Å². The lowest BCUT2D eigenvalue weighted by Crippen LogP contribution is -2.46. The van der Waals surface area contributed by atoms with Gasteiger partial charge in [0, 0.05) is 12.1 Å². The summed E-state index contributed by atoms with van der Waals surface area (Å²) in [6.07, 6.45) is -0.00844.